The smallest absolute Gasteiger partial charge is 0.191 e. The number of methoxy groups -OCH3 is 1. The number of guanidine groups is 1. The Morgan fingerprint density at radius 1 is 1.24 bits per heavy atom. The van der Waals surface area contributed by atoms with Crippen LogP contribution in [-0.4, -0.2) is 37.9 Å². The minimum atomic E-state index is 0. The number of aliphatic hydroxyl groups is 1. The Bertz CT molecular complexity index is 414. The van der Waals surface area contributed by atoms with Gasteiger partial charge in [0.15, 0.2) is 5.96 Å². The van der Waals surface area contributed by atoms with Crippen molar-refractivity contribution in [1.82, 2.24) is 10.6 Å². The second kappa shape index (κ2) is 12.8. The monoisotopic (exact) mass is 407 g/mol. The summed E-state index contributed by atoms with van der Waals surface area (Å²) in [6, 6.07) is 7.79. The zero-order valence-electron chi connectivity index (χ0n) is 12.8. The lowest BCUT2D eigenvalue weighted by Gasteiger charge is -2.11. The summed E-state index contributed by atoms with van der Waals surface area (Å²) in [7, 11) is 1.70. The van der Waals surface area contributed by atoms with Crippen molar-refractivity contribution in [1.29, 1.82) is 0 Å². The molecule has 0 unspecified atom stereocenters. The van der Waals surface area contributed by atoms with E-state index in [4.69, 9.17) is 4.74 Å². The zero-order valence-corrected chi connectivity index (χ0v) is 15.1. The molecule has 0 atom stereocenters. The Kier molecular flexibility index (Phi) is 12.3. The van der Waals surface area contributed by atoms with Gasteiger partial charge < -0.3 is 20.5 Å². The predicted octanol–water partition coefficient (Wildman–Crippen LogP) is 1.89. The molecule has 1 aromatic carbocycles. The fourth-order valence-electron chi connectivity index (χ4n) is 1.80. The van der Waals surface area contributed by atoms with Crippen LogP contribution in [0, 0.1) is 0 Å². The molecule has 1 rings (SSSR count). The molecule has 1 aromatic rings. The maximum Gasteiger partial charge on any atom is 0.191 e. The van der Waals surface area contributed by atoms with Gasteiger partial charge in [0, 0.05) is 26.8 Å². The molecule has 5 nitrogen and oxygen atoms in total. The molecule has 0 radical (unpaired) electrons. The van der Waals surface area contributed by atoms with Crippen molar-refractivity contribution in [2.45, 2.75) is 26.5 Å². The van der Waals surface area contributed by atoms with E-state index in [-0.39, 0.29) is 30.6 Å². The van der Waals surface area contributed by atoms with Crippen molar-refractivity contribution >= 4 is 29.9 Å². The van der Waals surface area contributed by atoms with E-state index in [0.29, 0.717) is 6.54 Å². The van der Waals surface area contributed by atoms with Gasteiger partial charge >= 0.3 is 0 Å². The average Bonchev–Trinajstić information content (AvgIpc) is 2.49. The Labute approximate surface area is 144 Å². The number of ether oxygens (including phenoxy) is 1. The quantitative estimate of drug-likeness (QED) is 0.267. The summed E-state index contributed by atoms with van der Waals surface area (Å²) in [5.74, 6) is 0.788. The standard InChI is InChI=1S/C15H25N3O2.HI/c1-3-16-15(17-9-6-10-20-2)18-11-13-7-4-5-8-14(13)12-19;/h4-5,7-8,19H,3,6,9-12H2,1-2H3,(H2,16,17,18);1H. The first-order chi connectivity index (χ1) is 9.81. The highest BCUT2D eigenvalue weighted by Gasteiger charge is 2.01. The molecule has 0 bridgehead atoms. The van der Waals surface area contributed by atoms with Crippen molar-refractivity contribution in [2.75, 3.05) is 26.8 Å². The number of aliphatic imine (C=N–C) groups is 1. The van der Waals surface area contributed by atoms with Crippen molar-refractivity contribution in [3.63, 3.8) is 0 Å². The predicted molar refractivity (Wildman–Crippen MR) is 97.1 cm³/mol. The third kappa shape index (κ3) is 8.23. The van der Waals surface area contributed by atoms with E-state index in [0.717, 1.165) is 43.2 Å². The van der Waals surface area contributed by atoms with Crippen LogP contribution >= 0.6 is 24.0 Å². The van der Waals surface area contributed by atoms with Crippen molar-refractivity contribution in [2.24, 2.45) is 4.99 Å². The van der Waals surface area contributed by atoms with Gasteiger partial charge in [-0.25, -0.2) is 4.99 Å². The molecule has 0 aliphatic rings. The summed E-state index contributed by atoms with van der Waals surface area (Å²) in [5.41, 5.74) is 1.97. The van der Waals surface area contributed by atoms with Crippen molar-refractivity contribution in [3.8, 4) is 0 Å². The van der Waals surface area contributed by atoms with E-state index in [1.165, 1.54) is 0 Å². The van der Waals surface area contributed by atoms with Gasteiger partial charge in [0.2, 0.25) is 0 Å². The summed E-state index contributed by atoms with van der Waals surface area (Å²) in [6.45, 7) is 5.01. The number of benzene rings is 1. The van der Waals surface area contributed by atoms with Crippen LogP contribution in [0.25, 0.3) is 0 Å². The summed E-state index contributed by atoms with van der Waals surface area (Å²) >= 11 is 0. The minimum Gasteiger partial charge on any atom is -0.392 e. The molecule has 6 heteroatoms. The molecule has 0 spiro atoms. The van der Waals surface area contributed by atoms with Crippen molar-refractivity contribution in [3.05, 3.63) is 35.4 Å². The van der Waals surface area contributed by atoms with Gasteiger partial charge in [0.05, 0.1) is 13.2 Å². The van der Waals surface area contributed by atoms with E-state index in [1.54, 1.807) is 7.11 Å². The van der Waals surface area contributed by atoms with Crippen LogP contribution in [0.15, 0.2) is 29.3 Å². The molecule has 0 aliphatic carbocycles. The van der Waals surface area contributed by atoms with E-state index < -0.39 is 0 Å². The third-order valence-corrected chi connectivity index (χ3v) is 2.86. The van der Waals surface area contributed by atoms with Crippen LogP contribution in [-0.2, 0) is 17.9 Å². The van der Waals surface area contributed by atoms with Gasteiger partial charge in [0.1, 0.15) is 0 Å². The molecule has 0 heterocycles. The molecule has 0 aliphatic heterocycles. The summed E-state index contributed by atoms with van der Waals surface area (Å²) < 4.78 is 5.02. The first-order valence-corrected chi connectivity index (χ1v) is 7.00. The fourth-order valence-corrected chi connectivity index (χ4v) is 1.80. The average molecular weight is 407 g/mol. The Balaban J connectivity index is 0.00000400. The van der Waals surface area contributed by atoms with Crippen LogP contribution in [0.5, 0.6) is 0 Å². The number of aliphatic hydroxyl groups excluding tert-OH is 1. The van der Waals surface area contributed by atoms with Gasteiger partial charge in [-0.15, -0.1) is 24.0 Å². The molecule has 21 heavy (non-hydrogen) atoms. The van der Waals surface area contributed by atoms with E-state index in [2.05, 4.69) is 15.6 Å². The van der Waals surface area contributed by atoms with E-state index in [9.17, 15) is 5.11 Å². The topological polar surface area (TPSA) is 65.9 Å². The maximum atomic E-state index is 9.29. The van der Waals surface area contributed by atoms with E-state index >= 15 is 0 Å². The lowest BCUT2D eigenvalue weighted by atomic mass is 10.1. The number of rotatable bonds is 8. The molecular weight excluding hydrogens is 381 g/mol. The third-order valence-electron chi connectivity index (χ3n) is 2.86. The summed E-state index contributed by atoms with van der Waals surface area (Å²) in [4.78, 5) is 4.53. The van der Waals surface area contributed by atoms with Crippen LogP contribution in [0.3, 0.4) is 0 Å². The number of halogens is 1. The minimum absolute atomic E-state index is 0. The largest absolute Gasteiger partial charge is 0.392 e. The van der Waals surface area contributed by atoms with Crippen LogP contribution in [0.1, 0.15) is 24.5 Å². The van der Waals surface area contributed by atoms with Crippen molar-refractivity contribution < 1.29 is 9.84 Å². The molecular formula is C15H26IN3O2. The van der Waals surface area contributed by atoms with Gasteiger partial charge in [-0.1, -0.05) is 24.3 Å². The first kappa shape index (κ1) is 20.1. The molecule has 0 amide bonds. The van der Waals surface area contributed by atoms with Gasteiger partial charge in [-0.3, -0.25) is 0 Å². The summed E-state index contributed by atoms with van der Waals surface area (Å²) in [6.07, 6.45) is 0.939. The highest BCUT2D eigenvalue weighted by molar-refractivity contribution is 14.0. The van der Waals surface area contributed by atoms with Gasteiger partial charge in [-0.05, 0) is 24.5 Å². The Hall–Kier alpha value is -0.860. The highest BCUT2D eigenvalue weighted by atomic mass is 127. The highest BCUT2D eigenvalue weighted by Crippen LogP contribution is 2.09. The molecule has 0 fully saturated rings. The zero-order chi connectivity index (χ0) is 14.6. The first-order valence-electron chi connectivity index (χ1n) is 7.00. The van der Waals surface area contributed by atoms with Crippen LogP contribution < -0.4 is 10.6 Å². The molecule has 3 N–H and O–H groups in total. The summed E-state index contributed by atoms with van der Waals surface area (Å²) in [5, 5.41) is 15.8. The number of nitrogens with zero attached hydrogens (tertiary/aromatic N) is 1. The normalized spacial score (nSPS) is 10.9. The maximum absolute atomic E-state index is 9.29. The second-order valence-electron chi connectivity index (χ2n) is 4.40. The number of hydrogen-bond acceptors (Lipinski definition) is 3. The molecule has 0 aromatic heterocycles. The SMILES string of the molecule is CCNC(=NCc1ccccc1CO)NCCCOC.I. The van der Waals surface area contributed by atoms with Gasteiger partial charge in [-0.2, -0.15) is 0 Å². The number of hydrogen-bond donors (Lipinski definition) is 3. The lowest BCUT2D eigenvalue weighted by Crippen LogP contribution is -2.38. The molecule has 120 valence electrons. The van der Waals surface area contributed by atoms with Gasteiger partial charge in [0.25, 0.3) is 0 Å². The Morgan fingerprint density at radius 3 is 2.57 bits per heavy atom. The van der Waals surface area contributed by atoms with E-state index in [1.807, 2.05) is 31.2 Å². The molecule has 0 saturated heterocycles. The fraction of sp³-hybridized carbons (Fsp3) is 0.533. The lowest BCUT2D eigenvalue weighted by molar-refractivity contribution is 0.195. The van der Waals surface area contributed by atoms with Crippen LogP contribution in [0.4, 0.5) is 0 Å². The second-order valence-corrected chi connectivity index (χ2v) is 4.40. The molecule has 0 saturated carbocycles. The Morgan fingerprint density at radius 2 is 1.95 bits per heavy atom. The van der Waals surface area contributed by atoms with Crippen LogP contribution in [0.2, 0.25) is 0 Å². The number of nitrogens with one attached hydrogen (secondary N) is 2.